The zero-order valence-electron chi connectivity index (χ0n) is 11.8. The van der Waals surface area contributed by atoms with E-state index in [1.54, 1.807) is 0 Å². The summed E-state index contributed by atoms with van der Waals surface area (Å²) in [6.07, 6.45) is 0. The lowest BCUT2D eigenvalue weighted by Gasteiger charge is -2.37. The quantitative estimate of drug-likeness (QED) is 0.832. The molecular weight excluding hydrogens is 260 g/mol. The molecule has 0 unspecified atom stereocenters. The Morgan fingerprint density at radius 3 is 2.37 bits per heavy atom. The number of halogens is 1. The van der Waals surface area contributed by atoms with E-state index in [0.717, 1.165) is 31.2 Å². The molecule has 104 valence electrons. The summed E-state index contributed by atoms with van der Waals surface area (Å²) < 4.78 is 0. The molecule has 2 rings (SSSR count). The molecule has 1 saturated heterocycles. The van der Waals surface area contributed by atoms with Crippen LogP contribution < -0.4 is 4.90 Å². The smallest absolute Gasteiger partial charge is 0.225 e. The Kier molecular flexibility index (Phi) is 4.35. The molecule has 1 fully saturated rings. The van der Waals surface area contributed by atoms with Crippen molar-refractivity contribution in [3.63, 3.8) is 0 Å². The van der Waals surface area contributed by atoms with Crippen molar-refractivity contribution in [2.24, 2.45) is 5.92 Å². The number of aryl methyl sites for hydroxylation is 1. The predicted octanol–water partition coefficient (Wildman–Crippen LogP) is 2.95. The highest BCUT2D eigenvalue weighted by atomic mass is 35.5. The van der Waals surface area contributed by atoms with E-state index in [-0.39, 0.29) is 11.8 Å². The Bertz CT molecular complexity index is 465. The third-order valence-electron chi connectivity index (χ3n) is 3.58. The van der Waals surface area contributed by atoms with Gasteiger partial charge in [0, 0.05) is 42.8 Å². The first-order chi connectivity index (χ1) is 8.99. The van der Waals surface area contributed by atoms with Gasteiger partial charge in [-0.1, -0.05) is 25.4 Å². The topological polar surface area (TPSA) is 23.6 Å². The minimum absolute atomic E-state index is 0.0869. The Labute approximate surface area is 120 Å². The van der Waals surface area contributed by atoms with E-state index in [9.17, 15) is 4.79 Å². The molecule has 0 radical (unpaired) electrons. The molecule has 3 nitrogen and oxygen atoms in total. The molecule has 19 heavy (non-hydrogen) atoms. The highest BCUT2D eigenvalue weighted by molar-refractivity contribution is 6.30. The lowest BCUT2D eigenvalue weighted by molar-refractivity contribution is -0.134. The van der Waals surface area contributed by atoms with Crippen LogP contribution in [0.25, 0.3) is 0 Å². The fourth-order valence-electron chi connectivity index (χ4n) is 2.51. The number of hydrogen-bond acceptors (Lipinski definition) is 2. The van der Waals surface area contributed by atoms with Crippen LogP contribution in [0.15, 0.2) is 18.2 Å². The van der Waals surface area contributed by atoms with E-state index >= 15 is 0 Å². The van der Waals surface area contributed by atoms with Crippen molar-refractivity contribution in [3.8, 4) is 0 Å². The number of carbonyl (C=O) groups is 1. The molecule has 1 aromatic rings. The molecule has 0 bridgehead atoms. The Hall–Kier alpha value is -1.22. The summed E-state index contributed by atoms with van der Waals surface area (Å²) in [6, 6.07) is 5.98. The van der Waals surface area contributed by atoms with Crippen molar-refractivity contribution in [2.75, 3.05) is 31.1 Å². The Morgan fingerprint density at radius 1 is 1.21 bits per heavy atom. The zero-order valence-corrected chi connectivity index (χ0v) is 12.6. The molecule has 0 aromatic heterocycles. The highest BCUT2D eigenvalue weighted by Gasteiger charge is 2.23. The van der Waals surface area contributed by atoms with Crippen molar-refractivity contribution in [3.05, 3.63) is 28.8 Å². The molecule has 0 spiro atoms. The second kappa shape index (κ2) is 5.83. The molecular formula is C15H21ClN2O. The second-order valence-electron chi connectivity index (χ2n) is 5.40. The Balaban J connectivity index is 2.02. The summed E-state index contributed by atoms with van der Waals surface area (Å²) in [4.78, 5) is 16.2. The van der Waals surface area contributed by atoms with Gasteiger partial charge in [-0.2, -0.15) is 0 Å². The number of amides is 1. The van der Waals surface area contributed by atoms with Gasteiger partial charge in [-0.15, -0.1) is 0 Å². The summed E-state index contributed by atoms with van der Waals surface area (Å²) >= 11 is 5.98. The molecule has 0 saturated carbocycles. The van der Waals surface area contributed by atoms with Gasteiger partial charge in [-0.05, 0) is 30.7 Å². The summed E-state index contributed by atoms with van der Waals surface area (Å²) in [6.45, 7) is 9.38. The van der Waals surface area contributed by atoms with Crippen molar-refractivity contribution >= 4 is 23.2 Å². The van der Waals surface area contributed by atoms with Crippen LogP contribution >= 0.6 is 11.6 Å². The summed E-state index contributed by atoms with van der Waals surface area (Å²) in [5.74, 6) is 0.344. The number of hydrogen-bond donors (Lipinski definition) is 0. The lowest BCUT2D eigenvalue weighted by Crippen LogP contribution is -2.50. The van der Waals surface area contributed by atoms with E-state index in [1.807, 2.05) is 30.9 Å². The maximum Gasteiger partial charge on any atom is 0.225 e. The van der Waals surface area contributed by atoms with Crippen LogP contribution in [-0.2, 0) is 4.79 Å². The lowest BCUT2D eigenvalue weighted by atomic mass is 10.1. The molecule has 1 amide bonds. The molecule has 1 aliphatic heterocycles. The van der Waals surface area contributed by atoms with Gasteiger partial charge < -0.3 is 9.80 Å². The molecule has 4 heteroatoms. The number of piperazine rings is 1. The van der Waals surface area contributed by atoms with E-state index in [1.165, 1.54) is 11.3 Å². The normalized spacial score (nSPS) is 16.1. The molecule has 0 aliphatic carbocycles. The van der Waals surface area contributed by atoms with Crippen molar-refractivity contribution < 1.29 is 4.79 Å². The first-order valence-electron chi connectivity index (χ1n) is 6.79. The van der Waals surface area contributed by atoms with E-state index in [4.69, 9.17) is 11.6 Å². The Morgan fingerprint density at radius 2 is 1.84 bits per heavy atom. The third-order valence-corrected chi connectivity index (χ3v) is 3.82. The molecule has 1 heterocycles. The van der Waals surface area contributed by atoms with Crippen LogP contribution in [0.1, 0.15) is 19.4 Å². The van der Waals surface area contributed by atoms with Crippen LogP contribution in [-0.4, -0.2) is 37.0 Å². The van der Waals surface area contributed by atoms with Gasteiger partial charge in [0.1, 0.15) is 0 Å². The van der Waals surface area contributed by atoms with Gasteiger partial charge in [0.2, 0.25) is 5.91 Å². The van der Waals surface area contributed by atoms with E-state index < -0.39 is 0 Å². The highest BCUT2D eigenvalue weighted by Crippen LogP contribution is 2.24. The molecule has 1 aliphatic rings. The van der Waals surface area contributed by atoms with Crippen LogP contribution in [0.5, 0.6) is 0 Å². The van der Waals surface area contributed by atoms with Crippen molar-refractivity contribution in [1.29, 1.82) is 0 Å². The SMILES string of the molecule is Cc1cc(Cl)ccc1N1CCN(C(=O)C(C)C)CC1. The number of carbonyl (C=O) groups excluding carboxylic acids is 1. The summed E-state index contributed by atoms with van der Waals surface area (Å²) in [5, 5.41) is 0.773. The second-order valence-corrected chi connectivity index (χ2v) is 5.83. The number of nitrogens with zero attached hydrogens (tertiary/aromatic N) is 2. The maximum atomic E-state index is 11.9. The zero-order chi connectivity index (χ0) is 14.0. The van der Waals surface area contributed by atoms with Gasteiger partial charge in [0.25, 0.3) is 0 Å². The van der Waals surface area contributed by atoms with Crippen LogP contribution in [0.3, 0.4) is 0 Å². The summed E-state index contributed by atoms with van der Waals surface area (Å²) in [7, 11) is 0. The standard InChI is InChI=1S/C15H21ClN2O/c1-11(2)15(19)18-8-6-17(7-9-18)14-5-4-13(16)10-12(14)3/h4-5,10-11H,6-9H2,1-3H3. The number of benzene rings is 1. The maximum absolute atomic E-state index is 11.9. The summed E-state index contributed by atoms with van der Waals surface area (Å²) in [5.41, 5.74) is 2.41. The van der Waals surface area contributed by atoms with E-state index in [2.05, 4.69) is 17.9 Å². The van der Waals surface area contributed by atoms with Crippen molar-refractivity contribution in [1.82, 2.24) is 4.90 Å². The fourth-order valence-corrected chi connectivity index (χ4v) is 2.73. The third kappa shape index (κ3) is 3.21. The predicted molar refractivity (Wildman–Crippen MR) is 79.8 cm³/mol. The molecule has 0 N–H and O–H groups in total. The first-order valence-corrected chi connectivity index (χ1v) is 7.16. The average molecular weight is 281 g/mol. The minimum Gasteiger partial charge on any atom is -0.368 e. The van der Waals surface area contributed by atoms with Gasteiger partial charge >= 0.3 is 0 Å². The van der Waals surface area contributed by atoms with Crippen LogP contribution in [0.4, 0.5) is 5.69 Å². The monoisotopic (exact) mass is 280 g/mol. The van der Waals surface area contributed by atoms with Crippen LogP contribution in [0, 0.1) is 12.8 Å². The minimum atomic E-state index is 0.0869. The van der Waals surface area contributed by atoms with Gasteiger partial charge in [0.15, 0.2) is 0 Å². The number of rotatable bonds is 2. The first kappa shape index (κ1) is 14.2. The molecule has 1 aromatic carbocycles. The van der Waals surface area contributed by atoms with E-state index in [0.29, 0.717) is 0 Å². The molecule has 0 atom stereocenters. The van der Waals surface area contributed by atoms with Gasteiger partial charge in [0.05, 0.1) is 0 Å². The van der Waals surface area contributed by atoms with Crippen molar-refractivity contribution in [2.45, 2.75) is 20.8 Å². The van der Waals surface area contributed by atoms with Gasteiger partial charge in [-0.25, -0.2) is 0 Å². The average Bonchev–Trinajstić information content (AvgIpc) is 2.38. The van der Waals surface area contributed by atoms with Crippen LogP contribution in [0.2, 0.25) is 5.02 Å². The van der Waals surface area contributed by atoms with Gasteiger partial charge in [-0.3, -0.25) is 4.79 Å². The number of anilines is 1. The largest absolute Gasteiger partial charge is 0.368 e. The fraction of sp³-hybridized carbons (Fsp3) is 0.533.